The van der Waals surface area contributed by atoms with Crippen molar-refractivity contribution < 1.29 is 19.0 Å². The lowest BCUT2D eigenvalue weighted by molar-refractivity contribution is -0.130. The number of hydrogen-bond acceptors (Lipinski definition) is 4. The van der Waals surface area contributed by atoms with Crippen LogP contribution in [0, 0.1) is 0 Å². The Labute approximate surface area is 141 Å². The van der Waals surface area contributed by atoms with Gasteiger partial charge in [-0.2, -0.15) is 0 Å². The molecule has 0 fully saturated rings. The van der Waals surface area contributed by atoms with Crippen LogP contribution in [-0.4, -0.2) is 19.7 Å². The predicted molar refractivity (Wildman–Crippen MR) is 92.7 cm³/mol. The Bertz CT molecular complexity index is 783. The lowest BCUT2D eigenvalue weighted by Gasteiger charge is -2.05. The van der Waals surface area contributed by atoms with Gasteiger partial charge in [0.15, 0.2) is 0 Å². The van der Waals surface area contributed by atoms with Gasteiger partial charge in [0.2, 0.25) is 0 Å². The van der Waals surface area contributed by atoms with Crippen molar-refractivity contribution in [2.45, 2.75) is 6.92 Å². The van der Waals surface area contributed by atoms with Crippen molar-refractivity contribution in [1.29, 1.82) is 0 Å². The highest BCUT2D eigenvalue weighted by molar-refractivity contribution is 6.05. The number of ether oxygens (including phenoxy) is 3. The zero-order valence-corrected chi connectivity index (χ0v) is 13.6. The van der Waals surface area contributed by atoms with E-state index in [0.29, 0.717) is 17.9 Å². The zero-order chi connectivity index (χ0) is 16.9. The van der Waals surface area contributed by atoms with Crippen LogP contribution in [0.1, 0.15) is 18.1 Å². The second-order valence-corrected chi connectivity index (χ2v) is 5.23. The third-order valence-corrected chi connectivity index (χ3v) is 3.61. The fourth-order valence-corrected chi connectivity index (χ4v) is 2.39. The standard InChI is InChI=1S/C20H18O4/c1-3-23-18-10-6-15(7-11-18)19-13-16(20(21)24-19)12-14-4-8-17(22-2)9-5-14/h4-13H,3H2,1-2H3/b16-12-. The topological polar surface area (TPSA) is 44.8 Å². The SMILES string of the molecule is CCOc1ccc(C2=C/C(=C/c3ccc(OC)cc3)C(=O)O2)cc1. The van der Waals surface area contributed by atoms with E-state index in [2.05, 4.69) is 0 Å². The summed E-state index contributed by atoms with van der Waals surface area (Å²) in [5.74, 6) is 1.76. The van der Waals surface area contributed by atoms with Gasteiger partial charge < -0.3 is 14.2 Å². The summed E-state index contributed by atoms with van der Waals surface area (Å²) in [6, 6.07) is 15.0. The van der Waals surface area contributed by atoms with Gasteiger partial charge in [0.1, 0.15) is 17.3 Å². The summed E-state index contributed by atoms with van der Waals surface area (Å²) in [5.41, 5.74) is 2.26. The summed E-state index contributed by atoms with van der Waals surface area (Å²) < 4.78 is 15.9. The molecule has 2 aromatic carbocycles. The van der Waals surface area contributed by atoms with Gasteiger partial charge in [0.25, 0.3) is 0 Å². The van der Waals surface area contributed by atoms with Crippen LogP contribution < -0.4 is 9.47 Å². The Hall–Kier alpha value is -3.01. The highest BCUT2D eigenvalue weighted by Gasteiger charge is 2.21. The second-order valence-electron chi connectivity index (χ2n) is 5.23. The van der Waals surface area contributed by atoms with Gasteiger partial charge in [-0.15, -0.1) is 0 Å². The van der Waals surface area contributed by atoms with E-state index >= 15 is 0 Å². The zero-order valence-electron chi connectivity index (χ0n) is 13.6. The lowest BCUT2D eigenvalue weighted by atomic mass is 10.1. The lowest BCUT2D eigenvalue weighted by Crippen LogP contribution is -1.97. The van der Waals surface area contributed by atoms with Crippen molar-refractivity contribution in [3.63, 3.8) is 0 Å². The molecule has 0 atom stereocenters. The van der Waals surface area contributed by atoms with Crippen LogP contribution in [0.2, 0.25) is 0 Å². The number of benzene rings is 2. The van der Waals surface area contributed by atoms with E-state index in [0.717, 1.165) is 22.6 Å². The molecule has 0 radical (unpaired) electrons. The van der Waals surface area contributed by atoms with E-state index in [-0.39, 0.29) is 5.97 Å². The minimum absolute atomic E-state index is 0.352. The van der Waals surface area contributed by atoms with E-state index < -0.39 is 0 Å². The molecule has 0 unspecified atom stereocenters. The highest BCUT2D eigenvalue weighted by Crippen LogP contribution is 2.28. The summed E-state index contributed by atoms with van der Waals surface area (Å²) in [5, 5.41) is 0. The van der Waals surface area contributed by atoms with Crippen molar-refractivity contribution in [2.24, 2.45) is 0 Å². The monoisotopic (exact) mass is 322 g/mol. The molecule has 0 saturated carbocycles. The molecule has 0 aromatic heterocycles. The first-order chi connectivity index (χ1) is 11.7. The van der Waals surface area contributed by atoms with Crippen LogP contribution in [0.15, 0.2) is 60.2 Å². The molecule has 4 nitrogen and oxygen atoms in total. The Kier molecular flexibility index (Phi) is 4.66. The van der Waals surface area contributed by atoms with E-state index in [1.54, 1.807) is 19.3 Å². The van der Waals surface area contributed by atoms with Crippen LogP contribution in [0.4, 0.5) is 0 Å². The van der Waals surface area contributed by atoms with Gasteiger partial charge >= 0.3 is 5.97 Å². The van der Waals surface area contributed by atoms with Gasteiger partial charge in [0, 0.05) is 5.56 Å². The van der Waals surface area contributed by atoms with Crippen molar-refractivity contribution in [1.82, 2.24) is 0 Å². The van der Waals surface area contributed by atoms with Gasteiger partial charge in [-0.05, 0) is 61.0 Å². The molecular formula is C20H18O4. The maximum atomic E-state index is 12.1. The average Bonchev–Trinajstić information content (AvgIpc) is 2.97. The van der Waals surface area contributed by atoms with Gasteiger partial charge in [-0.1, -0.05) is 12.1 Å². The Morgan fingerprint density at radius 3 is 2.29 bits per heavy atom. The number of carbonyl (C=O) groups excluding carboxylic acids is 1. The second kappa shape index (κ2) is 7.04. The number of hydrogen-bond donors (Lipinski definition) is 0. The van der Waals surface area contributed by atoms with Crippen LogP contribution >= 0.6 is 0 Å². The first kappa shape index (κ1) is 15.9. The molecule has 1 aliphatic heterocycles. The molecule has 1 heterocycles. The smallest absolute Gasteiger partial charge is 0.343 e. The number of methoxy groups -OCH3 is 1. The molecular weight excluding hydrogens is 304 g/mol. The van der Waals surface area contributed by atoms with E-state index in [4.69, 9.17) is 14.2 Å². The normalized spacial score (nSPS) is 15.2. The average molecular weight is 322 g/mol. The van der Waals surface area contributed by atoms with Crippen LogP contribution in [0.25, 0.3) is 11.8 Å². The summed E-state index contributed by atoms with van der Waals surface area (Å²) in [7, 11) is 1.62. The molecule has 1 aliphatic rings. The van der Waals surface area contributed by atoms with Crippen LogP contribution in [0.3, 0.4) is 0 Å². The quantitative estimate of drug-likeness (QED) is 0.615. The number of rotatable bonds is 5. The maximum absolute atomic E-state index is 12.1. The van der Waals surface area contributed by atoms with Crippen LogP contribution in [0.5, 0.6) is 11.5 Å². The van der Waals surface area contributed by atoms with Crippen molar-refractivity contribution in [2.75, 3.05) is 13.7 Å². The fraction of sp³-hybridized carbons (Fsp3) is 0.150. The summed E-state index contributed by atoms with van der Waals surface area (Å²) in [6.07, 6.45) is 3.55. The maximum Gasteiger partial charge on any atom is 0.343 e. The molecule has 3 rings (SSSR count). The number of cyclic esters (lactones) is 1. The molecule has 24 heavy (non-hydrogen) atoms. The minimum Gasteiger partial charge on any atom is -0.497 e. The Morgan fingerprint density at radius 1 is 1.00 bits per heavy atom. The number of esters is 1. The largest absolute Gasteiger partial charge is 0.497 e. The third kappa shape index (κ3) is 3.49. The van der Waals surface area contributed by atoms with E-state index in [9.17, 15) is 4.79 Å². The van der Waals surface area contributed by atoms with Crippen molar-refractivity contribution in [3.05, 3.63) is 71.3 Å². The Morgan fingerprint density at radius 2 is 1.67 bits per heavy atom. The fourth-order valence-electron chi connectivity index (χ4n) is 2.39. The van der Waals surface area contributed by atoms with Gasteiger partial charge in [-0.25, -0.2) is 4.79 Å². The molecule has 2 aromatic rings. The Balaban J connectivity index is 1.82. The first-order valence-electron chi connectivity index (χ1n) is 7.72. The van der Waals surface area contributed by atoms with Crippen LogP contribution in [-0.2, 0) is 9.53 Å². The molecule has 4 heteroatoms. The molecule has 0 saturated heterocycles. The van der Waals surface area contributed by atoms with Gasteiger partial charge in [-0.3, -0.25) is 0 Å². The molecule has 122 valence electrons. The molecule has 0 aliphatic carbocycles. The third-order valence-electron chi connectivity index (χ3n) is 3.61. The van der Waals surface area contributed by atoms with E-state index in [1.165, 1.54) is 0 Å². The van der Waals surface area contributed by atoms with Gasteiger partial charge in [0.05, 0.1) is 19.3 Å². The van der Waals surface area contributed by atoms with Crippen molar-refractivity contribution in [3.8, 4) is 11.5 Å². The molecule has 0 amide bonds. The highest BCUT2D eigenvalue weighted by atomic mass is 16.5. The summed E-state index contributed by atoms with van der Waals surface area (Å²) >= 11 is 0. The first-order valence-corrected chi connectivity index (χ1v) is 7.72. The minimum atomic E-state index is -0.352. The molecule has 0 spiro atoms. The van der Waals surface area contributed by atoms with E-state index in [1.807, 2.05) is 55.5 Å². The summed E-state index contributed by atoms with van der Waals surface area (Å²) in [6.45, 7) is 2.55. The number of carbonyl (C=O) groups is 1. The van der Waals surface area contributed by atoms with Crippen molar-refractivity contribution >= 4 is 17.8 Å². The summed E-state index contributed by atoms with van der Waals surface area (Å²) in [4.78, 5) is 12.1. The predicted octanol–water partition coefficient (Wildman–Crippen LogP) is 4.08. The molecule has 0 bridgehead atoms. The molecule has 0 N–H and O–H groups in total.